The first kappa shape index (κ1) is 16.0. The quantitative estimate of drug-likeness (QED) is 0.802. The van der Waals surface area contributed by atoms with Gasteiger partial charge in [0.25, 0.3) is 0 Å². The number of halogens is 1. The van der Waals surface area contributed by atoms with Crippen LogP contribution >= 0.6 is 15.9 Å². The molecular formula is C17H22BrN4O2+. The summed E-state index contributed by atoms with van der Waals surface area (Å²) in [4.78, 5) is 18.3. The normalized spacial score (nSPS) is 27.0. The second-order valence-electron chi connectivity index (χ2n) is 6.87. The third-order valence-corrected chi connectivity index (χ3v) is 5.76. The molecule has 24 heavy (non-hydrogen) atoms. The number of hydrogen-bond acceptors (Lipinski definition) is 4. The van der Waals surface area contributed by atoms with Crippen molar-refractivity contribution < 1.29 is 14.4 Å². The molecule has 2 saturated heterocycles. The molecule has 0 amide bonds. The van der Waals surface area contributed by atoms with Crippen LogP contribution in [0.3, 0.4) is 0 Å². The van der Waals surface area contributed by atoms with E-state index in [1.807, 2.05) is 0 Å². The van der Waals surface area contributed by atoms with Crippen LogP contribution in [0.2, 0.25) is 0 Å². The Morgan fingerprint density at radius 1 is 1.33 bits per heavy atom. The van der Waals surface area contributed by atoms with Gasteiger partial charge in [-0.2, -0.15) is 5.10 Å². The molecule has 0 aliphatic carbocycles. The summed E-state index contributed by atoms with van der Waals surface area (Å²) >= 11 is 3.35. The van der Waals surface area contributed by atoms with Gasteiger partial charge in [0.1, 0.15) is 6.61 Å². The Hall–Kier alpha value is -1.47. The van der Waals surface area contributed by atoms with Gasteiger partial charge in [-0.05, 0) is 48.0 Å². The van der Waals surface area contributed by atoms with E-state index in [0.29, 0.717) is 29.9 Å². The number of carbonyl (C=O) groups is 1. The molecule has 0 bridgehead atoms. The lowest BCUT2D eigenvalue weighted by atomic mass is 9.84. The maximum Gasteiger partial charge on any atom is 0.358 e. The van der Waals surface area contributed by atoms with Gasteiger partial charge in [-0.15, -0.1) is 0 Å². The molecule has 1 N–H and O–H groups in total. The minimum atomic E-state index is -0.348. The summed E-state index contributed by atoms with van der Waals surface area (Å²) in [6.07, 6.45) is 9.79. The number of esters is 1. The second-order valence-corrected chi connectivity index (χ2v) is 7.78. The van der Waals surface area contributed by atoms with Gasteiger partial charge in [0.15, 0.2) is 11.3 Å². The molecule has 2 aromatic heterocycles. The lowest BCUT2D eigenvalue weighted by Crippen LogP contribution is -3.18. The summed E-state index contributed by atoms with van der Waals surface area (Å²) in [5.74, 6) is 0.141. The lowest BCUT2D eigenvalue weighted by Gasteiger charge is -2.40. The van der Waals surface area contributed by atoms with Gasteiger partial charge >= 0.3 is 5.97 Å². The lowest BCUT2D eigenvalue weighted by molar-refractivity contribution is -0.940. The van der Waals surface area contributed by atoms with Crippen molar-refractivity contribution in [1.82, 2.24) is 14.6 Å². The maximum absolute atomic E-state index is 12.4. The Kier molecular flexibility index (Phi) is 4.54. The smallest absolute Gasteiger partial charge is 0.358 e. The van der Waals surface area contributed by atoms with Crippen molar-refractivity contribution in [1.29, 1.82) is 0 Å². The van der Waals surface area contributed by atoms with Gasteiger partial charge in [0, 0.05) is 24.4 Å². The molecule has 4 heterocycles. The van der Waals surface area contributed by atoms with Crippen molar-refractivity contribution >= 4 is 27.5 Å². The van der Waals surface area contributed by atoms with Crippen LogP contribution in [0.5, 0.6) is 0 Å². The molecular weight excluding hydrogens is 372 g/mol. The van der Waals surface area contributed by atoms with Gasteiger partial charge < -0.3 is 9.64 Å². The highest BCUT2D eigenvalue weighted by Gasteiger charge is 2.37. The van der Waals surface area contributed by atoms with Crippen LogP contribution in [-0.2, 0) is 4.74 Å². The van der Waals surface area contributed by atoms with E-state index < -0.39 is 0 Å². The van der Waals surface area contributed by atoms with Crippen LogP contribution < -0.4 is 4.90 Å². The summed E-state index contributed by atoms with van der Waals surface area (Å²) < 4.78 is 8.02. The summed E-state index contributed by atoms with van der Waals surface area (Å²) in [5, 5.41) is 4.26. The molecule has 7 heteroatoms. The van der Waals surface area contributed by atoms with E-state index >= 15 is 0 Å². The van der Waals surface area contributed by atoms with Crippen LogP contribution in [0, 0.1) is 5.92 Å². The summed E-state index contributed by atoms with van der Waals surface area (Å²) in [6, 6.07) is 2.34. The van der Waals surface area contributed by atoms with Gasteiger partial charge in [-0.25, -0.2) is 14.3 Å². The van der Waals surface area contributed by atoms with E-state index in [4.69, 9.17) is 4.74 Å². The second kappa shape index (κ2) is 6.80. The predicted molar refractivity (Wildman–Crippen MR) is 92.0 cm³/mol. The summed E-state index contributed by atoms with van der Waals surface area (Å²) in [7, 11) is 0. The molecule has 2 aliphatic heterocycles. The summed E-state index contributed by atoms with van der Waals surface area (Å²) in [6.45, 7) is 3.07. The van der Waals surface area contributed by atoms with Crippen LogP contribution in [0.15, 0.2) is 22.9 Å². The van der Waals surface area contributed by atoms with E-state index in [9.17, 15) is 4.79 Å². The SMILES string of the molecule is O=C(OC[C@@H]1CCC[NH+]2CCCC[C@@H]12)c1cc2ncc(Br)cn2n1. The Balaban J connectivity index is 1.41. The Morgan fingerprint density at radius 2 is 2.21 bits per heavy atom. The van der Waals surface area contributed by atoms with E-state index in [2.05, 4.69) is 26.0 Å². The third-order valence-electron chi connectivity index (χ3n) is 5.35. The molecule has 0 aromatic carbocycles. The highest BCUT2D eigenvalue weighted by molar-refractivity contribution is 9.10. The van der Waals surface area contributed by atoms with Crippen LogP contribution in [0.4, 0.5) is 0 Å². The number of ether oxygens (including phenoxy) is 1. The van der Waals surface area contributed by atoms with Gasteiger partial charge in [-0.1, -0.05) is 0 Å². The standard InChI is InChI=1S/C17H21BrN4O2/c18-13-9-19-16-8-14(20-22(16)10-13)17(23)24-11-12-4-3-7-21-6-2-1-5-15(12)21/h8-10,12,15H,1-7,11H2/p+1/t12-,15-/m0/s1. The van der Waals surface area contributed by atoms with Crippen molar-refractivity contribution in [2.75, 3.05) is 19.7 Å². The number of quaternary nitrogens is 1. The molecule has 3 atom stereocenters. The Morgan fingerprint density at radius 3 is 3.12 bits per heavy atom. The zero-order chi connectivity index (χ0) is 16.5. The molecule has 2 aromatic rings. The first-order valence-electron chi connectivity index (χ1n) is 8.73. The molecule has 0 radical (unpaired) electrons. The van der Waals surface area contributed by atoms with Gasteiger partial charge in [-0.3, -0.25) is 0 Å². The molecule has 0 spiro atoms. The van der Waals surface area contributed by atoms with Crippen LogP contribution in [-0.4, -0.2) is 46.3 Å². The minimum Gasteiger partial charge on any atom is -0.460 e. The van der Waals surface area contributed by atoms with Crippen molar-refractivity contribution in [3.05, 3.63) is 28.6 Å². The minimum absolute atomic E-state index is 0.323. The number of hydrogen-bond donors (Lipinski definition) is 1. The Bertz CT molecular complexity index is 745. The molecule has 2 aliphatic rings. The predicted octanol–water partition coefficient (Wildman–Crippen LogP) is 1.50. The van der Waals surface area contributed by atoms with Gasteiger partial charge in [0.2, 0.25) is 0 Å². The molecule has 128 valence electrons. The fourth-order valence-electron chi connectivity index (χ4n) is 4.19. The van der Waals surface area contributed by atoms with E-state index in [0.717, 1.165) is 4.47 Å². The summed E-state index contributed by atoms with van der Waals surface area (Å²) in [5.41, 5.74) is 0.968. The van der Waals surface area contributed by atoms with E-state index in [1.165, 1.54) is 45.2 Å². The monoisotopic (exact) mass is 393 g/mol. The molecule has 4 rings (SSSR count). The first-order chi connectivity index (χ1) is 11.7. The number of nitrogens with zero attached hydrogens (tertiary/aromatic N) is 3. The first-order valence-corrected chi connectivity index (χ1v) is 9.52. The average molecular weight is 394 g/mol. The number of piperidine rings is 2. The third kappa shape index (κ3) is 3.19. The van der Waals surface area contributed by atoms with Crippen molar-refractivity contribution in [3.8, 4) is 0 Å². The molecule has 6 nitrogen and oxygen atoms in total. The highest BCUT2D eigenvalue weighted by atomic mass is 79.9. The van der Waals surface area contributed by atoms with Crippen molar-refractivity contribution in [2.45, 2.75) is 38.1 Å². The average Bonchev–Trinajstić information content (AvgIpc) is 3.03. The molecule has 0 saturated carbocycles. The zero-order valence-electron chi connectivity index (χ0n) is 13.6. The van der Waals surface area contributed by atoms with Crippen molar-refractivity contribution in [3.63, 3.8) is 0 Å². The highest BCUT2D eigenvalue weighted by Crippen LogP contribution is 2.21. The Labute approximate surface area is 149 Å². The van der Waals surface area contributed by atoms with Crippen LogP contribution in [0.1, 0.15) is 42.6 Å². The van der Waals surface area contributed by atoms with E-state index in [1.54, 1.807) is 27.9 Å². The number of rotatable bonds is 3. The van der Waals surface area contributed by atoms with Gasteiger partial charge in [0.05, 0.1) is 23.6 Å². The number of nitrogens with one attached hydrogen (secondary N) is 1. The van der Waals surface area contributed by atoms with Crippen LogP contribution in [0.25, 0.3) is 5.65 Å². The number of fused-ring (bicyclic) bond motifs is 2. The number of carbonyl (C=O) groups excluding carboxylic acids is 1. The van der Waals surface area contributed by atoms with Crippen molar-refractivity contribution in [2.24, 2.45) is 5.92 Å². The fraction of sp³-hybridized carbons (Fsp3) is 0.588. The zero-order valence-corrected chi connectivity index (χ0v) is 15.2. The van der Waals surface area contributed by atoms with E-state index in [-0.39, 0.29) is 5.97 Å². The molecule has 1 unspecified atom stereocenters. The maximum atomic E-state index is 12.4. The topological polar surface area (TPSA) is 60.9 Å². The fourth-order valence-corrected chi connectivity index (χ4v) is 4.48. The largest absolute Gasteiger partial charge is 0.460 e. The molecule has 2 fully saturated rings. The number of aromatic nitrogens is 3.